The summed E-state index contributed by atoms with van der Waals surface area (Å²) in [6.07, 6.45) is 3.17. The molecule has 2 nitrogen and oxygen atoms in total. The van der Waals surface area contributed by atoms with Gasteiger partial charge in [0.15, 0.2) is 0 Å². The molecule has 0 aliphatic carbocycles. The Morgan fingerprint density at radius 1 is 1.47 bits per heavy atom. The average Bonchev–Trinajstić information content (AvgIpc) is 2.17. The van der Waals surface area contributed by atoms with Gasteiger partial charge in [0, 0.05) is 10.5 Å². The first-order valence-electron chi connectivity index (χ1n) is 5.21. The average molecular weight is 272 g/mol. The molecule has 3 heteroatoms. The number of hydrogen-bond acceptors (Lipinski definition) is 2. The number of halogens is 1. The second kappa shape index (κ2) is 6.13. The molecule has 1 aromatic rings. The van der Waals surface area contributed by atoms with Crippen molar-refractivity contribution in [1.82, 2.24) is 0 Å². The Kier molecular flexibility index (Phi) is 5.12. The lowest BCUT2D eigenvalue weighted by Gasteiger charge is -2.09. The highest BCUT2D eigenvalue weighted by molar-refractivity contribution is 9.10. The van der Waals surface area contributed by atoms with E-state index in [4.69, 9.17) is 10.5 Å². The fourth-order valence-electron chi connectivity index (χ4n) is 1.56. The number of aryl methyl sites for hydroxylation is 1. The molecule has 0 radical (unpaired) electrons. The second-order valence-electron chi connectivity index (χ2n) is 3.83. The second-order valence-corrected chi connectivity index (χ2v) is 4.74. The summed E-state index contributed by atoms with van der Waals surface area (Å²) in [6.45, 7) is 2.04. The fourth-order valence-corrected chi connectivity index (χ4v) is 1.97. The van der Waals surface area contributed by atoms with E-state index in [1.807, 2.05) is 19.1 Å². The summed E-state index contributed by atoms with van der Waals surface area (Å²) >= 11 is 3.47. The van der Waals surface area contributed by atoms with Crippen LogP contribution in [0.5, 0.6) is 5.75 Å². The van der Waals surface area contributed by atoms with Gasteiger partial charge in [0.05, 0.1) is 7.11 Å². The predicted molar refractivity (Wildman–Crippen MR) is 67.3 cm³/mol. The van der Waals surface area contributed by atoms with E-state index >= 15 is 0 Å². The molecule has 84 valence electrons. The first kappa shape index (κ1) is 12.5. The number of nitrogens with two attached hydrogens (primary N) is 1. The zero-order valence-electron chi connectivity index (χ0n) is 9.29. The smallest absolute Gasteiger partial charge is 0.122 e. The highest BCUT2D eigenvalue weighted by atomic mass is 79.9. The van der Waals surface area contributed by atoms with Gasteiger partial charge >= 0.3 is 0 Å². The van der Waals surface area contributed by atoms with Gasteiger partial charge < -0.3 is 10.5 Å². The number of benzene rings is 1. The van der Waals surface area contributed by atoms with Gasteiger partial charge in [-0.05, 0) is 49.9 Å². The van der Waals surface area contributed by atoms with Crippen molar-refractivity contribution < 1.29 is 4.74 Å². The van der Waals surface area contributed by atoms with Gasteiger partial charge in [-0.25, -0.2) is 0 Å². The molecular formula is C12H18BrNO. The minimum absolute atomic E-state index is 0.281. The number of methoxy groups -OCH3 is 1. The molecule has 0 aliphatic rings. The Bertz CT molecular complexity index is 312. The Balaban J connectivity index is 2.62. The van der Waals surface area contributed by atoms with Gasteiger partial charge in [-0.2, -0.15) is 0 Å². The van der Waals surface area contributed by atoms with Gasteiger partial charge in [0.25, 0.3) is 0 Å². The molecule has 1 rings (SSSR count). The van der Waals surface area contributed by atoms with E-state index in [1.165, 1.54) is 5.56 Å². The summed E-state index contributed by atoms with van der Waals surface area (Å²) in [5.74, 6) is 0.961. The van der Waals surface area contributed by atoms with E-state index in [2.05, 4.69) is 22.0 Å². The number of hydrogen-bond donors (Lipinski definition) is 1. The van der Waals surface area contributed by atoms with Crippen molar-refractivity contribution in [1.29, 1.82) is 0 Å². The Hall–Kier alpha value is -0.540. The van der Waals surface area contributed by atoms with E-state index < -0.39 is 0 Å². The highest BCUT2D eigenvalue weighted by Gasteiger charge is 2.04. The van der Waals surface area contributed by atoms with Gasteiger partial charge in [-0.15, -0.1) is 0 Å². The lowest BCUT2D eigenvalue weighted by atomic mass is 10.1. The maximum Gasteiger partial charge on any atom is 0.122 e. The van der Waals surface area contributed by atoms with Crippen molar-refractivity contribution >= 4 is 15.9 Å². The van der Waals surface area contributed by atoms with E-state index in [9.17, 15) is 0 Å². The van der Waals surface area contributed by atoms with Crippen molar-refractivity contribution in [2.24, 2.45) is 5.73 Å². The molecule has 1 unspecified atom stereocenters. The normalized spacial score (nSPS) is 12.5. The third-order valence-electron chi connectivity index (χ3n) is 2.35. The van der Waals surface area contributed by atoms with Crippen LogP contribution in [0, 0.1) is 0 Å². The van der Waals surface area contributed by atoms with Crippen molar-refractivity contribution in [3.05, 3.63) is 28.2 Å². The van der Waals surface area contributed by atoms with Crippen LogP contribution in [0.3, 0.4) is 0 Å². The van der Waals surface area contributed by atoms with Crippen LogP contribution < -0.4 is 10.5 Å². The predicted octanol–water partition coefficient (Wildman–Crippen LogP) is 3.13. The lowest BCUT2D eigenvalue weighted by Crippen LogP contribution is -2.14. The van der Waals surface area contributed by atoms with Gasteiger partial charge in [0.1, 0.15) is 5.75 Å². The standard InChI is InChI=1S/C12H18BrNO/c1-9(14)4-3-5-10-8-11(13)6-7-12(10)15-2/h6-9H,3-5,14H2,1-2H3. The summed E-state index contributed by atoms with van der Waals surface area (Å²) in [5.41, 5.74) is 6.96. The first-order valence-corrected chi connectivity index (χ1v) is 6.00. The summed E-state index contributed by atoms with van der Waals surface area (Å²) in [7, 11) is 1.71. The Labute approximate surface area is 99.9 Å². The topological polar surface area (TPSA) is 35.2 Å². The van der Waals surface area contributed by atoms with E-state index in [0.29, 0.717) is 0 Å². The minimum atomic E-state index is 0.281. The summed E-state index contributed by atoms with van der Waals surface area (Å²) in [6, 6.07) is 6.38. The Morgan fingerprint density at radius 2 is 2.20 bits per heavy atom. The molecule has 0 amide bonds. The minimum Gasteiger partial charge on any atom is -0.496 e. The van der Waals surface area contributed by atoms with Crippen LogP contribution in [0.25, 0.3) is 0 Å². The van der Waals surface area contributed by atoms with E-state index in [0.717, 1.165) is 29.5 Å². The molecule has 0 fully saturated rings. The maximum atomic E-state index is 5.72. The number of rotatable bonds is 5. The molecule has 0 spiro atoms. The molecule has 15 heavy (non-hydrogen) atoms. The van der Waals surface area contributed by atoms with E-state index in [-0.39, 0.29) is 6.04 Å². The largest absolute Gasteiger partial charge is 0.496 e. The van der Waals surface area contributed by atoms with Crippen LogP contribution in [0.2, 0.25) is 0 Å². The van der Waals surface area contributed by atoms with Crippen LogP contribution in [0.4, 0.5) is 0 Å². The van der Waals surface area contributed by atoms with Crippen molar-refractivity contribution in [2.75, 3.05) is 7.11 Å². The fraction of sp³-hybridized carbons (Fsp3) is 0.500. The van der Waals surface area contributed by atoms with Crippen molar-refractivity contribution in [3.63, 3.8) is 0 Å². The van der Waals surface area contributed by atoms with Gasteiger partial charge in [0.2, 0.25) is 0 Å². The van der Waals surface area contributed by atoms with Crippen LogP contribution in [0.15, 0.2) is 22.7 Å². The molecule has 2 N–H and O–H groups in total. The van der Waals surface area contributed by atoms with Crippen LogP contribution in [-0.4, -0.2) is 13.2 Å². The lowest BCUT2D eigenvalue weighted by molar-refractivity contribution is 0.408. The van der Waals surface area contributed by atoms with Gasteiger partial charge in [-0.1, -0.05) is 15.9 Å². The summed E-state index contributed by atoms with van der Waals surface area (Å²) in [4.78, 5) is 0. The monoisotopic (exact) mass is 271 g/mol. The quantitative estimate of drug-likeness (QED) is 0.893. The first-order chi connectivity index (χ1) is 7.13. The molecule has 0 bridgehead atoms. The van der Waals surface area contributed by atoms with E-state index in [1.54, 1.807) is 7.11 Å². The van der Waals surface area contributed by atoms with Crippen LogP contribution in [0.1, 0.15) is 25.3 Å². The Morgan fingerprint density at radius 3 is 2.80 bits per heavy atom. The summed E-state index contributed by atoms with van der Waals surface area (Å²) < 4.78 is 6.40. The summed E-state index contributed by atoms with van der Waals surface area (Å²) in [5, 5.41) is 0. The van der Waals surface area contributed by atoms with Crippen molar-refractivity contribution in [3.8, 4) is 5.75 Å². The molecule has 1 atom stereocenters. The molecular weight excluding hydrogens is 254 g/mol. The van der Waals surface area contributed by atoms with Crippen molar-refractivity contribution in [2.45, 2.75) is 32.2 Å². The molecule has 0 aliphatic heterocycles. The number of ether oxygens (including phenoxy) is 1. The zero-order chi connectivity index (χ0) is 11.3. The molecule has 0 saturated carbocycles. The third kappa shape index (κ3) is 4.22. The third-order valence-corrected chi connectivity index (χ3v) is 2.84. The van der Waals surface area contributed by atoms with Crippen LogP contribution in [-0.2, 0) is 6.42 Å². The maximum absolute atomic E-state index is 5.72. The molecule has 1 aromatic carbocycles. The SMILES string of the molecule is COc1ccc(Br)cc1CCCC(C)N. The molecule has 0 heterocycles. The van der Waals surface area contributed by atoms with Crippen LogP contribution >= 0.6 is 15.9 Å². The molecule has 0 saturated heterocycles. The van der Waals surface area contributed by atoms with Gasteiger partial charge in [-0.3, -0.25) is 0 Å². The highest BCUT2D eigenvalue weighted by Crippen LogP contribution is 2.24. The molecule has 0 aromatic heterocycles. The zero-order valence-corrected chi connectivity index (χ0v) is 10.9.